The first-order valence-electron chi connectivity index (χ1n) is 3.31. The van der Waals surface area contributed by atoms with E-state index in [9.17, 15) is 0 Å². The highest BCUT2D eigenvalue weighted by molar-refractivity contribution is 6.40. The maximum absolute atomic E-state index is 5.74. The zero-order valence-electron chi connectivity index (χ0n) is 6.43. The number of nitrogens with two attached hydrogens (primary N) is 1. The molecule has 0 aliphatic heterocycles. The van der Waals surface area contributed by atoms with Crippen LogP contribution in [0.1, 0.15) is 5.56 Å². The molecular formula is C8H10Cl3N. The molecule has 0 fully saturated rings. The minimum Gasteiger partial charge on any atom is -0.326 e. The Labute approximate surface area is 87.4 Å². The Bertz CT molecular complexity index is 215. The van der Waals surface area contributed by atoms with Crippen molar-refractivity contribution in [2.75, 3.05) is 5.34 Å². The third-order valence-electron chi connectivity index (χ3n) is 1.18. The van der Waals surface area contributed by atoms with E-state index in [4.69, 9.17) is 40.5 Å². The summed E-state index contributed by atoms with van der Waals surface area (Å²) in [4.78, 5) is 0. The maximum atomic E-state index is 5.74. The number of alkyl halides is 2. The second-order valence-electron chi connectivity index (χ2n) is 1.90. The molecular weight excluding hydrogens is 216 g/mol. The molecule has 0 unspecified atom stereocenters. The Morgan fingerprint density at radius 1 is 1.17 bits per heavy atom. The van der Waals surface area contributed by atoms with Gasteiger partial charge in [-0.05, 0) is 11.6 Å². The number of hydrogen-bond acceptors (Lipinski definition) is 1. The van der Waals surface area contributed by atoms with Gasteiger partial charge in [0, 0.05) is 11.6 Å². The average Bonchev–Trinajstić information content (AvgIpc) is 2.07. The predicted molar refractivity (Wildman–Crippen MR) is 55.9 cm³/mol. The summed E-state index contributed by atoms with van der Waals surface area (Å²) in [7, 11) is 0. The topological polar surface area (TPSA) is 26.0 Å². The quantitative estimate of drug-likeness (QED) is 0.731. The van der Waals surface area contributed by atoms with Gasteiger partial charge in [-0.1, -0.05) is 29.8 Å². The fourth-order valence-corrected chi connectivity index (χ4v) is 0.877. The molecule has 0 bridgehead atoms. The summed E-state index contributed by atoms with van der Waals surface area (Å²) in [5.74, 6) is 0. The Kier molecular flexibility index (Phi) is 7.72. The van der Waals surface area contributed by atoms with Crippen LogP contribution < -0.4 is 5.73 Å². The van der Waals surface area contributed by atoms with Crippen LogP contribution in [0.4, 0.5) is 0 Å². The van der Waals surface area contributed by atoms with Gasteiger partial charge in [0.15, 0.2) is 0 Å². The van der Waals surface area contributed by atoms with Crippen LogP contribution in [0.15, 0.2) is 24.3 Å². The third kappa shape index (κ3) is 4.83. The zero-order valence-corrected chi connectivity index (χ0v) is 8.70. The van der Waals surface area contributed by atoms with Crippen LogP contribution in [0, 0.1) is 0 Å². The van der Waals surface area contributed by atoms with E-state index in [0.717, 1.165) is 10.6 Å². The number of benzene rings is 1. The summed E-state index contributed by atoms with van der Waals surface area (Å²) in [6.45, 7) is 0.514. The molecule has 1 aromatic rings. The highest BCUT2D eigenvalue weighted by Gasteiger charge is 1.92. The molecule has 0 saturated heterocycles. The highest BCUT2D eigenvalue weighted by atomic mass is 35.5. The van der Waals surface area contributed by atoms with E-state index in [1.54, 1.807) is 0 Å². The predicted octanol–water partition coefficient (Wildman–Crippen LogP) is 3.22. The van der Waals surface area contributed by atoms with Crippen molar-refractivity contribution in [1.29, 1.82) is 0 Å². The van der Waals surface area contributed by atoms with E-state index >= 15 is 0 Å². The van der Waals surface area contributed by atoms with Gasteiger partial charge in [-0.2, -0.15) is 0 Å². The average molecular weight is 227 g/mol. The molecule has 1 aromatic carbocycles. The second kappa shape index (κ2) is 7.69. The molecule has 0 heterocycles. The minimum absolute atomic E-state index is 0.194. The van der Waals surface area contributed by atoms with Gasteiger partial charge in [0.05, 0.1) is 5.34 Å². The first-order chi connectivity index (χ1) is 5.76. The third-order valence-corrected chi connectivity index (χ3v) is 1.55. The Hall–Kier alpha value is 0.0500. The minimum atomic E-state index is 0.194. The van der Waals surface area contributed by atoms with Crippen molar-refractivity contribution in [3.05, 3.63) is 34.9 Å². The molecule has 0 saturated carbocycles. The lowest BCUT2D eigenvalue weighted by Crippen LogP contribution is -1.95. The molecule has 12 heavy (non-hydrogen) atoms. The molecule has 0 aromatic heterocycles. The fraction of sp³-hybridized carbons (Fsp3) is 0.250. The molecule has 0 atom stereocenters. The van der Waals surface area contributed by atoms with Gasteiger partial charge < -0.3 is 5.73 Å². The summed E-state index contributed by atoms with van der Waals surface area (Å²) in [6.07, 6.45) is 0. The van der Waals surface area contributed by atoms with E-state index in [-0.39, 0.29) is 5.34 Å². The first-order valence-corrected chi connectivity index (χ1v) is 4.76. The summed E-state index contributed by atoms with van der Waals surface area (Å²) < 4.78 is 0. The second-order valence-corrected chi connectivity index (χ2v) is 3.11. The fourth-order valence-electron chi connectivity index (χ4n) is 0.664. The number of halogens is 3. The van der Waals surface area contributed by atoms with Crippen LogP contribution >= 0.6 is 34.8 Å². The van der Waals surface area contributed by atoms with E-state index < -0.39 is 0 Å². The molecule has 0 aliphatic rings. The lowest BCUT2D eigenvalue weighted by molar-refractivity contribution is 1.07. The molecule has 1 nitrogen and oxygen atoms in total. The summed E-state index contributed by atoms with van der Waals surface area (Å²) in [5.41, 5.74) is 6.37. The van der Waals surface area contributed by atoms with E-state index in [1.165, 1.54) is 0 Å². The van der Waals surface area contributed by atoms with Crippen LogP contribution in [0.25, 0.3) is 0 Å². The van der Waals surface area contributed by atoms with Crippen molar-refractivity contribution in [2.45, 2.75) is 6.54 Å². The van der Waals surface area contributed by atoms with Crippen molar-refractivity contribution in [3.63, 3.8) is 0 Å². The lowest BCUT2D eigenvalue weighted by Gasteiger charge is -1.96. The molecule has 0 amide bonds. The standard InChI is InChI=1S/C7H8ClN.CH2Cl2/c8-7-4-2-1-3-6(7)5-9;2-1-3/h1-4H,5,9H2;1H2. The van der Waals surface area contributed by atoms with Crippen LogP contribution in [0.2, 0.25) is 5.02 Å². The van der Waals surface area contributed by atoms with Gasteiger partial charge in [0.1, 0.15) is 0 Å². The van der Waals surface area contributed by atoms with Gasteiger partial charge in [0.25, 0.3) is 0 Å². The van der Waals surface area contributed by atoms with Gasteiger partial charge in [-0.25, -0.2) is 0 Å². The summed E-state index contributed by atoms with van der Waals surface area (Å²) in [6, 6.07) is 7.57. The van der Waals surface area contributed by atoms with E-state index in [2.05, 4.69) is 0 Å². The van der Waals surface area contributed by atoms with Crippen LogP contribution in [-0.2, 0) is 6.54 Å². The molecule has 4 heteroatoms. The number of rotatable bonds is 1. The van der Waals surface area contributed by atoms with Crippen molar-refractivity contribution in [1.82, 2.24) is 0 Å². The van der Waals surface area contributed by atoms with Gasteiger partial charge >= 0.3 is 0 Å². The zero-order chi connectivity index (χ0) is 9.40. The summed E-state index contributed by atoms with van der Waals surface area (Å²) >= 11 is 15.3. The van der Waals surface area contributed by atoms with E-state index in [1.807, 2.05) is 24.3 Å². The molecule has 2 N–H and O–H groups in total. The maximum Gasteiger partial charge on any atom is 0.0967 e. The van der Waals surface area contributed by atoms with Crippen molar-refractivity contribution in [2.24, 2.45) is 5.73 Å². The van der Waals surface area contributed by atoms with Crippen molar-refractivity contribution >= 4 is 34.8 Å². The van der Waals surface area contributed by atoms with Gasteiger partial charge in [-0.15, -0.1) is 23.2 Å². The van der Waals surface area contributed by atoms with Crippen LogP contribution in [0.3, 0.4) is 0 Å². The van der Waals surface area contributed by atoms with E-state index in [0.29, 0.717) is 6.54 Å². The molecule has 0 aliphatic carbocycles. The number of hydrogen-bond donors (Lipinski definition) is 1. The Balaban J connectivity index is 0.000000354. The highest BCUT2D eigenvalue weighted by Crippen LogP contribution is 2.12. The van der Waals surface area contributed by atoms with Crippen molar-refractivity contribution in [3.8, 4) is 0 Å². The Morgan fingerprint density at radius 3 is 2.00 bits per heavy atom. The van der Waals surface area contributed by atoms with Crippen LogP contribution in [0.5, 0.6) is 0 Å². The lowest BCUT2D eigenvalue weighted by atomic mass is 10.2. The SMILES string of the molecule is ClCCl.NCc1ccccc1Cl. The monoisotopic (exact) mass is 225 g/mol. The summed E-state index contributed by atoms with van der Waals surface area (Å²) in [5, 5.41) is 0.944. The van der Waals surface area contributed by atoms with Crippen molar-refractivity contribution < 1.29 is 0 Å². The van der Waals surface area contributed by atoms with Gasteiger partial charge in [0.2, 0.25) is 0 Å². The first kappa shape index (κ1) is 12.0. The smallest absolute Gasteiger partial charge is 0.0967 e. The molecule has 68 valence electrons. The Morgan fingerprint density at radius 2 is 1.67 bits per heavy atom. The largest absolute Gasteiger partial charge is 0.326 e. The normalized spacial score (nSPS) is 8.67. The molecule has 0 radical (unpaired) electrons. The molecule has 1 rings (SSSR count). The van der Waals surface area contributed by atoms with Gasteiger partial charge in [-0.3, -0.25) is 0 Å². The molecule has 0 spiro atoms. The van der Waals surface area contributed by atoms with Crippen LogP contribution in [-0.4, -0.2) is 5.34 Å².